The Bertz CT molecular complexity index is 714. The van der Waals surface area contributed by atoms with Gasteiger partial charge in [0.15, 0.2) is 0 Å². The van der Waals surface area contributed by atoms with Gasteiger partial charge >= 0.3 is 0 Å². The van der Waals surface area contributed by atoms with Crippen LogP contribution in [0.5, 0.6) is 5.75 Å². The highest BCUT2D eigenvalue weighted by Gasteiger charge is 2.28. The summed E-state index contributed by atoms with van der Waals surface area (Å²) in [5.41, 5.74) is 2.65. The number of benzene rings is 2. The van der Waals surface area contributed by atoms with Crippen molar-refractivity contribution >= 4 is 17.5 Å². The zero-order valence-electron chi connectivity index (χ0n) is 12.3. The number of para-hydroxylation sites is 1. The van der Waals surface area contributed by atoms with Gasteiger partial charge in [-0.2, -0.15) is 0 Å². The highest BCUT2D eigenvalue weighted by atomic mass is 35.5. The van der Waals surface area contributed by atoms with E-state index in [1.807, 2.05) is 12.1 Å². The predicted octanol–water partition coefficient (Wildman–Crippen LogP) is 4.10. The van der Waals surface area contributed by atoms with Gasteiger partial charge in [-0.25, -0.2) is 0 Å². The second-order valence-corrected chi connectivity index (χ2v) is 6.21. The molecule has 0 spiro atoms. The molecule has 2 aromatic carbocycles. The highest BCUT2D eigenvalue weighted by molar-refractivity contribution is 6.32. The van der Waals surface area contributed by atoms with E-state index in [1.165, 1.54) is 5.56 Å². The third kappa shape index (κ3) is 2.69. The number of rotatable bonds is 2. The molecule has 2 aromatic rings. The SMILES string of the molecule is CC1CCc2ccccc2C1NC(=O)c1cccc(Cl)c1O. The van der Waals surface area contributed by atoms with Crippen LogP contribution in [0.1, 0.15) is 40.9 Å². The fraction of sp³-hybridized carbons (Fsp3) is 0.278. The molecular formula is C18H18ClNO2. The van der Waals surface area contributed by atoms with Crippen LogP contribution in [0.15, 0.2) is 42.5 Å². The third-order valence-corrected chi connectivity index (χ3v) is 4.65. The van der Waals surface area contributed by atoms with Gasteiger partial charge < -0.3 is 10.4 Å². The molecular weight excluding hydrogens is 298 g/mol. The number of aryl methyl sites for hydroxylation is 1. The number of nitrogens with one attached hydrogen (secondary N) is 1. The molecule has 0 saturated carbocycles. The lowest BCUT2D eigenvalue weighted by Gasteiger charge is -2.32. The summed E-state index contributed by atoms with van der Waals surface area (Å²) in [6.45, 7) is 2.14. The van der Waals surface area contributed by atoms with Gasteiger partial charge in [-0.3, -0.25) is 4.79 Å². The number of carbonyl (C=O) groups is 1. The van der Waals surface area contributed by atoms with Crippen LogP contribution in [0.25, 0.3) is 0 Å². The van der Waals surface area contributed by atoms with E-state index in [4.69, 9.17) is 11.6 Å². The van der Waals surface area contributed by atoms with Crippen molar-refractivity contribution in [3.05, 3.63) is 64.2 Å². The summed E-state index contributed by atoms with van der Waals surface area (Å²) in [7, 11) is 0. The molecule has 2 N–H and O–H groups in total. The second kappa shape index (κ2) is 6.01. The van der Waals surface area contributed by atoms with Crippen molar-refractivity contribution in [3.8, 4) is 5.75 Å². The summed E-state index contributed by atoms with van der Waals surface area (Å²) in [5, 5.41) is 13.2. The summed E-state index contributed by atoms with van der Waals surface area (Å²) in [5.74, 6) is -0.118. The normalized spacial score (nSPS) is 20.3. The largest absolute Gasteiger partial charge is 0.506 e. The monoisotopic (exact) mass is 315 g/mol. The molecule has 1 aliphatic rings. The Morgan fingerprint density at radius 2 is 2.00 bits per heavy atom. The Morgan fingerprint density at radius 1 is 1.23 bits per heavy atom. The van der Waals surface area contributed by atoms with E-state index in [0.717, 1.165) is 18.4 Å². The van der Waals surface area contributed by atoms with E-state index in [1.54, 1.807) is 18.2 Å². The molecule has 1 amide bonds. The fourth-order valence-corrected chi connectivity index (χ4v) is 3.23. The first-order chi connectivity index (χ1) is 10.6. The van der Waals surface area contributed by atoms with Crippen LogP contribution in [-0.2, 0) is 6.42 Å². The molecule has 22 heavy (non-hydrogen) atoms. The minimum Gasteiger partial charge on any atom is -0.506 e. The summed E-state index contributed by atoms with van der Waals surface area (Å²) >= 11 is 5.88. The molecule has 2 atom stereocenters. The number of phenols is 1. The molecule has 0 aromatic heterocycles. The van der Waals surface area contributed by atoms with E-state index < -0.39 is 0 Å². The second-order valence-electron chi connectivity index (χ2n) is 5.80. The third-order valence-electron chi connectivity index (χ3n) is 4.35. The molecule has 0 heterocycles. The molecule has 3 nitrogen and oxygen atoms in total. The van der Waals surface area contributed by atoms with E-state index in [-0.39, 0.29) is 28.3 Å². The molecule has 114 valence electrons. The van der Waals surface area contributed by atoms with Crippen molar-refractivity contribution in [1.82, 2.24) is 5.32 Å². The van der Waals surface area contributed by atoms with Crippen LogP contribution in [-0.4, -0.2) is 11.0 Å². The smallest absolute Gasteiger partial charge is 0.255 e. The Morgan fingerprint density at radius 3 is 2.82 bits per heavy atom. The van der Waals surface area contributed by atoms with Gasteiger partial charge in [-0.05, 0) is 42.0 Å². The van der Waals surface area contributed by atoms with Gasteiger partial charge in [0.05, 0.1) is 16.6 Å². The van der Waals surface area contributed by atoms with Crippen LogP contribution in [0, 0.1) is 5.92 Å². The maximum absolute atomic E-state index is 12.5. The number of fused-ring (bicyclic) bond motifs is 1. The molecule has 0 bridgehead atoms. The Hall–Kier alpha value is -2.00. The number of carbonyl (C=O) groups excluding carboxylic acids is 1. The van der Waals surface area contributed by atoms with Crippen molar-refractivity contribution in [3.63, 3.8) is 0 Å². The average Bonchev–Trinajstić information content (AvgIpc) is 2.52. The van der Waals surface area contributed by atoms with Gasteiger partial charge in [-0.1, -0.05) is 48.9 Å². The Kier molecular flexibility index (Phi) is 4.08. The number of hydrogen-bond donors (Lipinski definition) is 2. The molecule has 1 aliphatic carbocycles. The number of aromatic hydroxyl groups is 1. The van der Waals surface area contributed by atoms with Crippen molar-refractivity contribution in [2.45, 2.75) is 25.8 Å². The Labute approximate surface area is 134 Å². The van der Waals surface area contributed by atoms with Crippen LogP contribution in [0.4, 0.5) is 0 Å². The van der Waals surface area contributed by atoms with Crippen molar-refractivity contribution in [2.75, 3.05) is 0 Å². The Balaban J connectivity index is 1.89. The van der Waals surface area contributed by atoms with Crippen molar-refractivity contribution < 1.29 is 9.90 Å². The quantitative estimate of drug-likeness (QED) is 0.876. The minimum atomic E-state index is -0.298. The minimum absolute atomic E-state index is 0.0455. The van der Waals surface area contributed by atoms with E-state index in [9.17, 15) is 9.90 Å². The predicted molar refractivity (Wildman–Crippen MR) is 87.3 cm³/mol. The number of phenolic OH excluding ortho intramolecular Hbond substituents is 1. The van der Waals surface area contributed by atoms with Crippen LogP contribution < -0.4 is 5.32 Å². The fourth-order valence-electron chi connectivity index (χ4n) is 3.06. The highest BCUT2D eigenvalue weighted by Crippen LogP contribution is 2.35. The van der Waals surface area contributed by atoms with Gasteiger partial charge in [0.25, 0.3) is 5.91 Å². The maximum atomic E-state index is 12.5. The van der Waals surface area contributed by atoms with Crippen LogP contribution >= 0.6 is 11.6 Å². The molecule has 0 fully saturated rings. The van der Waals surface area contributed by atoms with Crippen LogP contribution in [0.2, 0.25) is 5.02 Å². The van der Waals surface area contributed by atoms with Crippen molar-refractivity contribution in [2.24, 2.45) is 5.92 Å². The first kappa shape index (κ1) is 14.9. The van der Waals surface area contributed by atoms with Gasteiger partial charge in [0, 0.05) is 0 Å². The summed E-state index contributed by atoms with van der Waals surface area (Å²) in [4.78, 5) is 12.5. The first-order valence-electron chi connectivity index (χ1n) is 7.44. The van der Waals surface area contributed by atoms with E-state index in [0.29, 0.717) is 5.92 Å². The van der Waals surface area contributed by atoms with Gasteiger partial charge in [-0.15, -0.1) is 0 Å². The number of hydrogen-bond acceptors (Lipinski definition) is 2. The first-order valence-corrected chi connectivity index (χ1v) is 7.82. The summed E-state index contributed by atoms with van der Waals surface area (Å²) < 4.78 is 0. The molecule has 2 unspecified atom stereocenters. The molecule has 0 radical (unpaired) electrons. The van der Waals surface area contributed by atoms with E-state index in [2.05, 4.69) is 24.4 Å². The molecule has 4 heteroatoms. The lowest BCUT2D eigenvalue weighted by molar-refractivity contribution is 0.0916. The summed E-state index contributed by atoms with van der Waals surface area (Å²) in [6.07, 6.45) is 2.07. The standard InChI is InChI=1S/C18H18ClNO2/c1-11-9-10-12-5-2-3-6-13(12)16(11)20-18(22)14-7-4-8-15(19)17(14)21/h2-8,11,16,21H,9-10H2,1H3,(H,20,22). The molecule has 0 saturated heterocycles. The molecule has 0 aliphatic heterocycles. The van der Waals surface area contributed by atoms with Crippen molar-refractivity contribution in [1.29, 1.82) is 0 Å². The number of halogens is 1. The zero-order chi connectivity index (χ0) is 15.7. The molecule has 3 rings (SSSR count). The zero-order valence-corrected chi connectivity index (χ0v) is 13.1. The number of amides is 1. The average molecular weight is 316 g/mol. The lowest BCUT2D eigenvalue weighted by atomic mass is 9.80. The summed E-state index contributed by atoms with van der Waals surface area (Å²) in [6, 6.07) is 12.9. The van der Waals surface area contributed by atoms with Gasteiger partial charge in [0.1, 0.15) is 5.75 Å². The van der Waals surface area contributed by atoms with Gasteiger partial charge in [0.2, 0.25) is 0 Å². The van der Waals surface area contributed by atoms with Crippen LogP contribution in [0.3, 0.4) is 0 Å². The van der Waals surface area contributed by atoms with E-state index >= 15 is 0 Å². The maximum Gasteiger partial charge on any atom is 0.255 e. The lowest BCUT2D eigenvalue weighted by Crippen LogP contribution is -2.35. The topological polar surface area (TPSA) is 49.3 Å².